The van der Waals surface area contributed by atoms with Crippen LogP contribution in [-0.2, 0) is 12.8 Å². The van der Waals surface area contributed by atoms with Crippen molar-refractivity contribution in [1.29, 1.82) is 0 Å². The molecule has 0 aromatic heterocycles. The zero-order chi connectivity index (χ0) is 15.4. The topological polar surface area (TPSA) is 12.0 Å². The van der Waals surface area contributed by atoms with Gasteiger partial charge in [-0.3, -0.25) is 0 Å². The molecule has 2 aromatic rings. The number of likely N-dealkylation sites (N-methyl/N-ethyl adjacent to an activating group) is 1. The van der Waals surface area contributed by atoms with Gasteiger partial charge in [-0.2, -0.15) is 0 Å². The summed E-state index contributed by atoms with van der Waals surface area (Å²) in [7, 11) is 1.66. The van der Waals surface area contributed by atoms with E-state index in [1.54, 1.807) is 7.05 Å². The fourth-order valence-corrected chi connectivity index (χ4v) is 2.20. The standard InChI is InChI=1S/C16H15F4N/c1-21-11(7-10-5-6-15(19)16(20)8-10)9-12-13(17)3-2-4-14(12)18/h2-6,8,11,21H,7,9H2,1H3. The Hall–Kier alpha value is -1.88. The molecule has 0 amide bonds. The van der Waals surface area contributed by atoms with Gasteiger partial charge < -0.3 is 5.32 Å². The molecule has 0 spiro atoms. The number of hydrogen-bond donors (Lipinski definition) is 1. The summed E-state index contributed by atoms with van der Waals surface area (Å²) in [6, 6.07) is 7.00. The molecule has 1 N–H and O–H groups in total. The molecule has 0 fully saturated rings. The van der Waals surface area contributed by atoms with Gasteiger partial charge in [0.25, 0.3) is 0 Å². The molecule has 0 radical (unpaired) electrons. The predicted molar refractivity (Wildman–Crippen MR) is 73.0 cm³/mol. The average Bonchev–Trinajstić information content (AvgIpc) is 2.45. The van der Waals surface area contributed by atoms with E-state index in [2.05, 4.69) is 5.32 Å². The second-order valence-electron chi connectivity index (χ2n) is 4.84. The first-order valence-electron chi connectivity index (χ1n) is 6.55. The summed E-state index contributed by atoms with van der Waals surface area (Å²) in [5.41, 5.74) is 0.546. The van der Waals surface area contributed by atoms with E-state index in [-0.39, 0.29) is 18.0 Å². The summed E-state index contributed by atoms with van der Waals surface area (Å²) in [5.74, 6) is -3.07. The van der Waals surface area contributed by atoms with E-state index in [0.29, 0.717) is 12.0 Å². The highest BCUT2D eigenvalue weighted by Crippen LogP contribution is 2.17. The van der Waals surface area contributed by atoms with Crippen LogP contribution in [0.2, 0.25) is 0 Å². The van der Waals surface area contributed by atoms with Crippen LogP contribution in [0.1, 0.15) is 11.1 Å². The van der Waals surface area contributed by atoms with E-state index in [0.717, 1.165) is 12.1 Å². The van der Waals surface area contributed by atoms with Crippen LogP contribution in [-0.4, -0.2) is 13.1 Å². The van der Waals surface area contributed by atoms with Crippen molar-refractivity contribution >= 4 is 0 Å². The smallest absolute Gasteiger partial charge is 0.159 e. The molecule has 0 aliphatic carbocycles. The normalized spacial score (nSPS) is 12.4. The van der Waals surface area contributed by atoms with Crippen molar-refractivity contribution in [2.45, 2.75) is 18.9 Å². The molecule has 0 heterocycles. The van der Waals surface area contributed by atoms with Gasteiger partial charge in [0.15, 0.2) is 11.6 Å². The summed E-state index contributed by atoms with van der Waals surface area (Å²) >= 11 is 0. The van der Waals surface area contributed by atoms with Crippen LogP contribution in [0.3, 0.4) is 0 Å². The van der Waals surface area contributed by atoms with Crippen LogP contribution in [0, 0.1) is 23.3 Å². The number of nitrogens with one attached hydrogen (secondary N) is 1. The minimum absolute atomic E-state index is 0.0144. The first-order chi connectivity index (χ1) is 10.0. The van der Waals surface area contributed by atoms with Crippen molar-refractivity contribution in [1.82, 2.24) is 5.32 Å². The zero-order valence-corrected chi connectivity index (χ0v) is 11.5. The molecule has 0 bridgehead atoms. The maximum absolute atomic E-state index is 13.6. The Morgan fingerprint density at radius 1 is 0.857 bits per heavy atom. The van der Waals surface area contributed by atoms with Gasteiger partial charge in [0.1, 0.15) is 11.6 Å². The van der Waals surface area contributed by atoms with Gasteiger partial charge in [-0.1, -0.05) is 12.1 Å². The van der Waals surface area contributed by atoms with Crippen LogP contribution in [0.4, 0.5) is 17.6 Å². The highest BCUT2D eigenvalue weighted by Gasteiger charge is 2.15. The molecular weight excluding hydrogens is 282 g/mol. The zero-order valence-electron chi connectivity index (χ0n) is 11.5. The molecule has 0 aliphatic rings. The van der Waals surface area contributed by atoms with E-state index in [1.807, 2.05) is 0 Å². The van der Waals surface area contributed by atoms with Gasteiger partial charge >= 0.3 is 0 Å². The molecule has 1 unspecified atom stereocenters. The third kappa shape index (κ3) is 3.82. The second kappa shape index (κ2) is 6.72. The Kier molecular flexibility index (Phi) is 4.96. The fraction of sp³-hybridized carbons (Fsp3) is 0.250. The Labute approximate surface area is 120 Å². The fourth-order valence-electron chi connectivity index (χ4n) is 2.20. The van der Waals surface area contributed by atoms with Crippen molar-refractivity contribution in [2.75, 3.05) is 7.05 Å². The Bertz CT molecular complexity index is 607. The minimum Gasteiger partial charge on any atom is -0.316 e. The Morgan fingerprint density at radius 3 is 2.10 bits per heavy atom. The monoisotopic (exact) mass is 297 g/mol. The lowest BCUT2D eigenvalue weighted by atomic mass is 9.98. The molecule has 0 saturated heterocycles. The Balaban J connectivity index is 2.15. The molecule has 112 valence electrons. The van der Waals surface area contributed by atoms with Crippen LogP contribution < -0.4 is 5.32 Å². The summed E-state index contributed by atoms with van der Waals surface area (Å²) in [5, 5.41) is 2.94. The van der Waals surface area contributed by atoms with Crippen LogP contribution in [0.5, 0.6) is 0 Å². The lowest BCUT2D eigenvalue weighted by Gasteiger charge is -2.17. The number of rotatable bonds is 5. The maximum Gasteiger partial charge on any atom is 0.159 e. The molecule has 1 nitrogen and oxygen atoms in total. The summed E-state index contributed by atoms with van der Waals surface area (Å²) in [6.45, 7) is 0. The summed E-state index contributed by atoms with van der Waals surface area (Å²) < 4.78 is 53.3. The summed E-state index contributed by atoms with van der Waals surface area (Å²) in [4.78, 5) is 0. The molecular formula is C16H15F4N. The van der Waals surface area contributed by atoms with E-state index in [4.69, 9.17) is 0 Å². The van der Waals surface area contributed by atoms with E-state index in [9.17, 15) is 17.6 Å². The number of hydrogen-bond acceptors (Lipinski definition) is 1. The van der Waals surface area contributed by atoms with Crippen molar-refractivity contribution in [3.8, 4) is 0 Å². The molecule has 2 aromatic carbocycles. The van der Waals surface area contributed by atoms with Gasteiger partial charge in [0.2, 0.25) is 0 Å². The number of benzene rings is 2. The lowest BCUT2D eigenvalue weighted by Crippen LogP contribution is -2.30. The summed E-state index contributed by atoms with van der Waals surface area (Å²) in [6.07, 6.45) is 0.454. The second-order valence-corrected chi connectivity index (χ2v) is 4.84. The largest absolute Gasteiger partial charge is 0.316 e. The highest BCUT2D eigenvalue weighted by molar-refractivity contribution is 5.23. The Morgan fingerprint density at radius 2 is 1.52 bits per heavy atom. The van der Waals surface area contributed by atoms with Gasteiger partial charge in [-0.05, 0) is 49.7 Å². The third-order valence-electron chi connectivity index (χ3n) is 3.39. The van der Waals surface area contributed by atoms with Gasteiger partial charge in [-0.15, -0.1) is 0 Å². The minimum atomic E-state index is -0.931. The van der Waals surface area contributed by atoms with Gasteiger partial charge in [0.05, 0.1) is 0 Å². The molecule has 2 rings (SSSR count). The third-order valence-corrected chi connectivity index (χ3v) is 3.39. The van der Waals surface area contributed by atoms with Gasteiger partial charge in [-0.25, -0.2) is 17.6 Å². The van der Waals surface area contributed by atoms with Crippen LogP contribution >= 0.6 is 0 Å². The van der Waals surface area contributed by atoms with Crippen molar-refractivity contribution < 1.29 is 17.6 Å². The van der Waals surface area contributed by atoms with E-state index < -0.39 is 23.3 Å². The van der Waals surface area contributed by atoms with Crippen molar-refractivity contribution in [3.63, 3.8) is 0 Å². The quantitative estimate of drug-likeness (QED) is 0.831. The maximum atomic E-state index is 13.6. The molecule has 5 heteroatoms. The predicted octanol–water partition coefficient (Wildman–Crippen LogP) is 3.62. The van der Waals surface area contributed by atoms with Crippen LogP contribution in [0.15, 0.2) is 36.4 Å². The molecule has 21 heavy (non-hydrogen) atoms. The van der Waals surface area contributed by atoms with Crippen molar-refractivity contribution in [3.05, 3.63) is 70.8 Å². The van der Waals surface area contributed by atoms with Crippen LogP contribution in [0.25, 0.3) is 0 Å². The lowest BCUT2D eigenvalue weighted by molar-refractivity contribution is 0.493. The average molecular weight is 297 g/mol. The first-order valence-corrected chi connectivity index (χ1v) is 6.55. The van der Waals surface area contributed by atoms with Gasteiger partial charge in [0, 0.05) is 11.6 Å². The van der Waals surface area contributed by atoms with E-state index in [1.165, 1.54) is 24.3 Å². The SMILES string of the molecule is CNC(Cc1ccc(F)c(F)c1)Cc1c(F)cccc1F. The number of halogens is 4. The van der Waals surface area contributed by atoms with E-state index >= 15 is 0 Å². The first kappa shape index (κ1) is 15.5. The molecule has 1 atom stereocenters. The highest BCUT2D eigenvalue weighted by atomic mass is 19.2. The molecule has 0 aliphatic heterocycles. The van der Waals surface area contributed by atoms with Crippen molar-refractivity contribution in [2.24, 2.45) is 0 Å². The molecule has 0 saturated carbocycles.